The van der Waals surface area contributed by atoms with Gasteiger partial charge in [-0.25, -0.2) is 8.42 Å². The molecule has 1 unspecified atom stereocenters. The molecule has 2 fully saturated rings. The van der Waals surface area contributed by atoms with E-state index in [1.54, 1.807) is 4.90 Å². The van der Waals surface area contributed by atoms with E-state index in [4.69, 9.17) is 0 Å². The molecule has 0 radical (unpaired) electrons. The molecule has 1 aromatic heterocycles. The van der Waals surface area contributed by atoms with Crippen molar-refractivity contribution in [2.24, 2.45) is 7.05 Å². The molecular formula is C15H24N4O3S2. The topological polar surface area (TPSA) is 85.2 Å². The summed E-state index contributed by atoms with van der Waals surface area (Å²) in [6, 6.07) is -0.182. The van der Waals surface area contributed by atoms with Crippen molar-refractivity contribution in [2.45, 2.75) is 49.7 Å². The van der Waals surface area contributed by atoms with Gasteiger partial charge in [-0.3, -0.25) is 4.79 Å². The van der Waals surface area contributed by atoms with Crippen LogP contribution in [0.4, 0.5) is 0 Å². The first-order valence-electron chi connectivity index (χ1n) is 8.43. The van der Waals surface area contributed by atoms with E-state index < -0.39 is 9.84 Å². The molecule has 134 valence electrons. The van der Waals surface area contributed by atoms with Crippen molar-refractivity contribution < 1.29 is 13.2 Å². The van der Waals surface area contributed by atoms with Crippen molar-refractivity contribution in [1.82, 2.24) is 19.7 Å². The van der Waals surface area contributed by atoms with Crippen molar-refractivity contribution in [2.75, 3.05) is 23.8 Å². The van der Waals surface area contributed by atoms with Crippen LogP contribution >= 0.6 is 11.8 Å². The highest BCUT2D eigenvalue weighted by atomic mass is 32.2. The van der Waals surface area contributed by atoms with Crippen LogP contribution in [0.25, 0.3) is 0 Å². The van der Waals surface area contributed by atoms with Crippen LogP contribution in [-0.2, 0) is 21.7 Å². The largest absolute Gasteiger partial charge is 0.338 e. The molecular weight excluding hydrogens is 348 g/mol. The molecule has 3 rings (SSSR count). The fourth-order valence-corrected chi connectivity index (χ4v) is 5.88. The highest BCUT2D eigenvalue weighted by Crippen LogP contribution is 2.36. The quantitative estimate of drug-likeness (QED) is 0.698. The van der Waals surface area contributed by atoms with Crippen molar-refractivity contribution in [3.8, 4) is 0 Å². The summed E-state index contributed by atoms with van der Waals surface area (Å²) in [5, 5.41) is 9.22. The number of rotatable bonds is 6. The number of nitrogens with zero attached hydrogens (tertiary/aromatic N) is 4. The lowest BCUT2D eigenvalue weighted by Gasteiger charge is -2.26. The van der Waals surface area contributed by atoms with Gasteiger partial charge in [-0.1, -0.05) is 18.2 Å². The fourth-order valence-electron chi connectivity index (χ4n) is 3.34. The van der Waals surface area contributed by atoms with Crippen LogP contribution in [0.3, 0.4) is 0 Å². The molecule has 1 saturated heterocycles. The van der Waals surface area contributed by atoms with E-state index in [9.17, 15) is 13.2 Å². The van der Waals surface area contributed by atoms with Crippen LogP contribution in [0, 0.1) is 0 Å². The van der Waals surface area contributed by atoms with Crippen LogP contribution in [0.1, 0.15) is 44.3 Å². The Morgan fingerprint density at radius 1 is 1.33 bits per heavy atom. The zero-order valence-electron chi connectivity index (χ0n) is 14.1. The molecule has 0 aromatic carbocycles. The minimum atomic E-state index is -2.99. The number of hydrogen-bond acceptors (Lipinski definition) is 6. The average Bonchev–Trinajstić information content (AvgIpc) is 3.00. The van der Waals surface area contributed by atoms with E-state index >= 15 is 0 Å². The van der Waals surface area contributed by atoms with Gasteiger partial charge in [0.15, 0.2) is 15.0 Å². The van der Waals surface area contributed by atoms with Crippen LogP contribution in [0.15, 0.2) is 5.16 Å². The SMILES string of the molecule is CCN(C(=O)CSc1nnc(C2CCC2)n1C)C1CCS(=O)(=O)C1. The predicted octanol–water partition coefficient (Wildman–Crippen LogP) is 1.21. The van der Waals surface area contributed by atoms with Gasteiger partial charge in [0.1, 0.15) is 5.82 Å². The van der Waals surface area contributed by atoms with Gasteiger partial charge in [-0.15, -0.1) is 10.2 Å². The average molecular weight is 373 g/mol. The third kappa shape index (κ3) is 3.61. The number of amides is 1. The molecule has 24 heavy (non-hydrogen) atoms. The lowest BCUT2D eigenvalue weighted by Crippen LogP contribution is -2.42. The highest BCUT2D eigenvalue weighted by molar-refractivity contribution is 7.99. The molecule has 1 amide bonds. The van der Waals surface area contributed by atoms with E-state index in [0.717, 1.165) is 23.8 Å². The van der Waals surface area contributed by atoms with Crippen molar-refractivity contribution in [3.63, 3.8) is 0 Å². The first-order valence-corrected chi connectivity index (χ1v) is 11.2. The van der Waals surface area contributed by atoms with Gasteiger partial charge in [0.05, 0.1) is 17.3 Å². The standard InChI is InChI=1S/C15H24N4O3S2/c1-3-19(12-7-8-24(21,22)10-12)13(20)9-23-15-17-16-14(18(15)2)11-5-4-6-11/h11-12H,3-10H2,1-2H3. The van der Waals surface area contributed by atoms with E-state index in [1.165, 1.54) is 18.2 Å². The summed E-state index contributed by atoms with van der Waals surface area (Å²) in [4.78, 5) is 14.2. The summed E-state index contributed by atoms with van der Waals surface area (Å²) in [5.41, 5.74) is 0. The van der Waals surface area contributed by atoms with E-state index in [0.29, 0.717) is 18.9 Å². The number of thioether (sulfide) groups is 1. The van der Waals surface area contributed by atoms with Crippen molar-refractivity contribution >= 4 is 27.5 Å². The zero-order chi connectivity index (χ0) is 17.3. The van der Waals surface area contributed by atoms with Crippen LogP contribution in [0.5, 0.6) is 0 Å². The van der Waals surface area contributed by atoms with Crippen LogP contribution < -0.4 is 0 Å². The van der Waals surface area contributed by atoms with Crippen LogP contribution in [0.2, 0.25) is 0 Å². The second-order valence-electron chi connectivity index (χ2n) is 6.55. The Morgan fingerprint density at radius 2 is 2.08 bits per heavy atom. The normalized spacial score (nSPS) is 23.2. The first-order chi connectivity index (χ1) is 11.4. The summed E-state index contributed by atoms with van der Waals surface area (Å²) in [5.74, 6) is 2.02. The molecule has 2 aliphatic rings. The second-order valence-corrected chi connectivity index (χ2v) is 9.72. The van der Waals surface area contributed by atoms with Crippen molar-refractivity contribution in [3.05, 3.63) is 5.82 Å². The summed E-state index contributed by atoms with van der Waals surface area (Å²) < 4.78 is 25.3. The lowest BCUT2D eigenvalue weighted by molar-refractivity contribution is -0.129. The number of carbonyl (C=O) groups excluding carboxylic acids is 1. The van der Waals surface area contributed by atoms with Gasteiger partial charge in [0.2, 0.25) is 5.91 Å². The maximum absolute atomic E-state index is 12.5. The smallest absolute Gasteiger partial charge is 0.233 e. The predicted molar refractivity (Wildman–Crippen MR) is 92.8 cm³/mol. The van der Waals surface area contributed by atoms with Gasteiger partial charge in [-0.05, 0) is 26.2 Å². The molecule has 1 aliphatic carbocycles. The Bertz CT molecular complexity index is 712. The third-order valence-corrected chi connectivity index (χ3v) is 7.73. The number of sulfone groups is 1. The Labute approximate surface area is 147 Å². The number of aromatic nitrogens is 3. The Balaban J connectivity index is 1.59. The van der Waals surface area contributed by atoms with E-state index in [1.807, 2.05) is 18.5 Å². The van der Waals surface area contributed by atoms with Gasteiger partial charge >= 0.3 is 0 Å². The van der Waals surface area contributed by atoms with E-state index in [2.05, 4.69) is 10.2 Å². The third-order valence-electron chi connectivity index (χ3n) is 4.97. The maximum Gasteiger partial charge on any atom is 0.233 e. The van der Waals surface area contributed by atoms with Gasteiger partial charge in [0, 0.05) is 25.6 Å². The molecule has 0 bridgehead atoms. The lowest BCUT2D eigenvalue weighted by atomic mass is 9.85. The maximum atomic E-state index is 12.5. The van der Waals surface area contributed by atoms with Crippen molar-refractivity contribution in [1.29, 1.82) is 0 Å². The number of hydrogen-bond donors (Lipinski definition) is 0. The Hall–Kier alpha value is -1.09. The Kier molecular flexibility index (Phi) is 5.19. The van der Waals surface area contributed by atoms with E-state index in [-0.39, 0.29) is 29.2 Å². The molecule has 0 N–H and O–H groups in total. The minimum Gasteiger partial charge on any atom is -0.338 e. The number of carbonyl (C=O) groups is 1. The van der Waals surface area contributed by atoms with Gasteiger partial charge in [0.25, 0.3) is 0 Å². The zero-order valence-corrected chi connectivity index (χ0v) is 15.8. The first kappa shape index (κ1) is 17.7. The summed E-state index contributed by atoms with van der Waals surface area (Å²) in [6.45, 7) is 2.43. The Morgan fingerprint density at radius 3 is 2.62 bits per heavy atom. The molecule has 1 aliphatic heterocycles. The minimum absolute atomic E-state index is 0.0298. The molecule has 2 heterocycles. The highest BCUT2D eigenvalue weighted by Gasteiger charge is 2.34. The summed E-state index contributed by atoms with van der Waals surface area (Å²) in [6.07, 6.45) is 4.11. The molecule has 1 saturated carbocycles. The summed E-state index contributed by atoms with van der Waals surface area (Å²) >= 11 is 1.38. The molecule has 9 heteroatoms. The summed E-state index contributed by atoms with van der Waals surface area (Å²) in [7, 11) is -1.04. The fraction of sp³-hybridized carbons (Fsp3) is 0.800. The monoisotopic (exact) mass is 372 g/mol. The van der Waals surface area contributed by atoms with Gasteiger partial charge in [-0.2, -0.15) is 0 Å². The molecule has 7 nitrogen and oxygen atoms in total. The molecule has 1 aromatic rings. The molecule has 1 atom stereocenters. The van der Waals surface area contributed by atoms with Gasteiger partial charge < -0.3 is 9.47 Å². The second kappa shape index (κ2) is 7.03. The van der Waals surface area contributed by atoms with Crippen LogP contribution in [-0.4, -0.2) is 63.8 Å². The molecule has 0 spiro atoms.